The van der Waals surface area contributed by atoms with Crippen LogP contribution in [-0.4, -0.2) is 36.1 Å². The second-order valence-corrected chi connectivity index (χ2v) is 9.20. The summed E-state index contributed by atoms with van der Waals surface area (Å²) in [6.45, 7) is 0. The van der Waals surface area contributed by atoms with Gasteiger partial charge in [0.1, 0.15) is 0 Å². The first-order chi connectivity index (χ1) is 10.3. The van der Waals surface area contributed by atoms with Crippen LogP contribution in [0.4, 0.5) is 0 Å². The molecule has 4 aliphatic carbocycles. The van der Waals surface area contributed by atoms with Gasteiger partial charge in [-0.15, -0.1) is 0 Å². The van der Waals surface area contributed by atoms with Crippen LogP contribution in [0.5, 0.6) is 0 Å². The lowest BCUT2D eigenvalue weighted by atomic mass is 9.54. The molecule has 4 saturated carbocycles. The zero-order chi connectivity index (χ0) is 14.0. The average molecular weight is 288 g/mol. The largest absolute Gasteiger partial charge is 0.311 e. The maximum atomic E-state index is 4.22. The number of hydrogen-bond acceptors (Lipinski definition) is 2. The summed E-state index contributed by atoms with van der Waals surface area (Å²) in [6, 6.07) is 3.49. The van der Waals surface area contributed by atoms with Crippen molar-refractivity contribution < 1.29 is 0 Å². The summed E-state index contributed by atoms with van der Waals surface area (Å²) in [4.78, 5) is 2.71. The minimum atomic E-state index is 0.832. The van der Waals surface area contributed by atoms with E-state index in [1.807, 2.05) is 0 Å². The number of nitrogens with one attached hydrogen (secondary N) is 1. The first kappa shape index (κ1) is 13.4. The van der Waals surface area contributed by atoms with Crippen LogP contribution in [-0.2, 0) is 0 Å². The molecule has 6 aliphatic rings. The lowest BCUT2D eigenvalue weighted by molar-refractivity contribution is -0.0286. The standard InChI is InChI=1S/C19H32N2/c1-21-17-3-2-4-18(21)11-16(10-17)20-19-14-6-12-5-13(8-14)9-15(19)7-12/h12-20H,2-11H2,1H3. The predicted octanol–water partition coefficient (Wildman–Crippen LogP) is 3.42. The zero-order valence-corrected chi connectivity index (χ0v) is 13.6. The summed E-state index contributed by atoms with van der Waals surface area (Å²) in [5.74, 6) is 4.31. The number of fused-ring (bicyclic) bond motifs is 2. The highest BCUT2D eigenvalue weighted by molar-refractivity contribution is 5.03. The quantitative estimate of drug-likeness (QED) is 0.837. The van der Waals surface area contributed by atoms with Crippen LogP contribution in [0.1, 0.15) is 64.2 Å². The number of nitrogens with zero attached hydrogens (tertiary/aromatic N) is 1. The fourth-order valence-corrected chi connectivity index (χ4v) is 7.22. The van der Waals surface area contributed by atoms with Gasteiger partial charge in [-0.05, 0) is 88.5 Å². The molecule has 2 heteroatoms. The van der Waals surface area contributed by atoms with Crippen molar-refractivity contribution >= 4 is 0 Å². The second-order valence-electron chi connectivity index (χ2n) is 9.20. The van der Waals surface area contributed by atoms with Crippen LogP contribution >= 0.6 is 0 Å². The molecule has 2 atom stereocenters. The molecule has 6 rings (SSSR count). The molecule has 2 unspecified atom stereocenters. The van der Waals surface area contributed by atoms with E-state index in [9.17, 15) is 0 Å². The third-order valence-corrected chi connectivity index (χ3v) is 7.99. The zero-order valence-electron chi connectivity index (χ0n) is 13.6. The first-order valence-corrected chi connectivity index (χ1v) is 9.74. The molecule has 2 aliphatic heterocycles. The molecular formula is C19H32N2. The topological polar surface area (TPSA) is 15.3 Å². The lowest BCUT2D eigenvalue weighted by Gasteiger charge is -2.56. The molecule has 118 valence electrons. The molecular weight excluding hydrogens is 256 g/mol. The molecule has 2 saturated heterocycles. The molecule has 0 aromatic carbocycles. The van der Waals surface area contributed by atoms with Crippen molar-refractivity contribution in [3.63, 3.8) is 0 Å². The van der Waals surface area contributed by atoms with E-state index in [2.05, 4.69) is 17.3 Å². The highest BCUT2D eigenvalue weighted by Crippen LogP contribution is 2.54. The Hall–Kier alpha value is -0.0800. The van der Waals surface area contributed by atoms with Crippen molar-refractivity contribution in [1.29, 1.82) is 0 Å². The maximum Gasteiger partial charge on any atom is 0.0127 e. The van der Waals surface area contributed by atoms with E-state index in [-0.39, 0.29) is 0 Å². The monoisotopic (exact) mass is 288 g/mol. The maximum absolute atomic E-state index is 4.22. The summed E-state index contributed by atoms with van der Waals surface area (Å²) >= 11 is 0. The summed E-state index contributed by atoms with van der Waals surface area (Å²) in [5, 5.41) is 4.22. The molecule has 0 spiro atoms. The van der Waals surface area contributed by atoms with Gasteiger partial charge in [-0.3, -0.25) is 0 Å². The Balaban J connectivity index is 1.28. The molecule has 6 bridgehead atoms. The van der Waals surface area contributed by atoms with Gasteiger partial charge >= 0.3 is 0 Å². The Labute approximate surface area is 130 Å². The van der Waals surface area contributed by atoms with Crippen molar-refractivity contribution in [2.75, 3.05) is 7.05 Å². The van der Waals surface area contributed by atoms with Gasteiger partial charge in [-0.1, -0.05) is 6.42 Å². The lowest BCUT2D eigenvalue weighted by Crippen LogP contribution is -2.61. The Bertz CT molecular complexity index is 364. The predicted molar refractivity (Wildman–Crippen MR) is 86.2 cm³/mol. The van der Waals surface area contributed by atoms with E-state index < -0.39 is 0 Å². The van der Waals surface area contributed by atoms with Gasteiger partial charge in [0.2, 0.25) is 0 Å². The molecule has 6 fully saturated rings. The Morgan fingerprint density at radius 2 is 1.33 bits per heavy atom. The average Bonchev–Trinajstić information content (AvgIpc) is 2.43. The van der Waals surface area contributed by atoms with Crippen LogP contribution in [0, 0.1) is 23.7 Å². The SMILES string of the molecule is CN1C2CCCC1CC(NC1C3CC4CC(C3)CC1C4)C2. The molecule has 2 heterocycles. The van der Waals surface area contributed by atoms with Crippen LogP contribution in [0.25, 0.3) is 0 Å². The van der Waals surface area contributed by atoms with E-state index in [0.717, 1.165) is 47.8 Å². The van der Waals surface area contributed by atoms with Crippen molar-refractivity contribution in [1.82, 2.24) is 10.2 Å². The molecule has 21 heavy (non-hydrogen) atoms. The molecule has 0 amide bonds. The van der Waals surface area contributed by atoms with Gasteiger partial charge in [-0.2, -0.15) is 0 Å². The second kappa shape index (κ2) is 4.96. The fraction of sp³-hybridized carbons (Fsp3) is 1.00. The van der Waals surface area contributed by atoms with Gasteiger partial charge in [0, 0.05) is 24.2 Å². The summed E-state index contributed by atoms with van der Waals surface area (Å²) in [7, 11) is 2.38. The van der Waals surface area contributed by atoms with E-state index in [4.69, 9.17) is 0 Å². The third kappa shape index (κ3) is 2.20. The third-order valence-electron chi connectivity index (χ3n) is 7.99. The Morgan fingerprint density at radius 3 is 1.90 bits per heavy atom. The Kier molecular flexibility index (Phi) is 3.16. The van der Waals surface area contributed by atoms with Crippen molar-refractivity contribution in [2.45, 2.75) is 88.4 Å². The van der Waals surface area contributed by atoms with Crippen molar-refractivity contribution in [3.8, 4) is 0 Å². The van der Waals surface area contributed by atoms with Gasteiger partial charge in [0.05, 0.1) is 0 Å². The minimum Gasteiger partial charge on any atom is -0.311 e. The molecule has 2 nitrogen and oxygen atoms in total. The van der Waals surface area contributed by atoms with Crippen LogP contribution in [0.2, 0.25) is 0 Å². The highest BCUT2D eigenvalue weighted by Gasteiger charge is 2.49. The highest BCUT2D eigenvalue weighted by atomic mass is 15.2. The van der Waals surface area contributed by atoms with E-state index in [1.165, 1.54) is 32.1 Å². The minimum absolute atomic E-state index is 0.832. The van der Waals surface area contributed by atoms with Gasteiger partial charge in [0.25, 0.3) is 0 Å². The van der Waals surface area contributed by atoms with Gasteiger partial charge in [0.15, 0.2) is 0 Å². The molecule has 0 aromatic rings. The van der Waals surface area contributed by atoms with Gasteiger partial charge in [-0.25, -0.2) is 0 Å². The first-order valence-electron chi connectivity index (χ1n) is 9.74. The van der Waals surface area contributed by atoms with Crippen LogP contribution in [0.15, 0.2) is 0 Å². The van der Waals surface area contributed by atoms with E-state index >= 15 is 0 Å². The fourth-order valence-electron chi connectivity index (χ4n) is 7.22. The summed E-state index contributed by atoms with van der Waals surface area (Å²) < 4.78 is 0. The van der Waals surface area contributed by atoms with Crippen LogP contribution in [0.3, 0.4) is 0 Å². The summed E-state index contributed by atoms with van der Waals surface area (Å²) in [5.41, 5.74) is 0. The van der Waals surface area contributed by atoms with Gasteiger partial charge < -0.3 is 10.2 Å². The molecule has 0 aromatic heterocycles. The van der Waals surface area contributed by atoms with E-state index in [0.29, 0.717) is 0 Å². The number of rotatable bonds is 2. The molecule has 0 radical (unpaired) electrons. The smallest absolute Gasteiger partial charge is 0.0127 e. The summed E-state index contributed by atoms with van der Waals surface area (Å²) in [6.07, 6.45) is 15.1. The van der Waals surface area contributed by atoms with E-state index in [1.54, 1.807) is 32.1 Å². The van der Waals surface area contributed by atoms with Crippen molar-refractivity contribution in [3.05, 3.63) is 0 Å². The van der Waals surface area contributed by atoms with Crippen molar-refractivity contribution in [2.24, 2.45) is 23.7 Å². The Morgan fingerprint density at radius 1 is 0.762 bits per heavy atom. The number of piperidine rings is 2. The molecule has 1 N–H and O–H groups in total. The van der Waals surface area contributed by atoms with Crippen LogP contribution < -0.4 is 5.32 Å². The normalized spacial score (nSPS) is 55.9. The number of hydrogen-bond donors (Lipinski definition) is 1.